The Kier molecular flexibility index (Phi) is 10.2. The zero-order chi connectivity index (χ0) is 19.7. The maximum Gasteiger partial charge on any atom is 0.113 e. The first kappa shape index (κ1) is 25.5. The van der Waals surface area contributed by atoms with Crippen LogP contribution in [0.3, 0.4) is 0 Å². The van der Waals surface area contributed by atoms with E-state index < -0.39 is 0 Å². The van der Waals surface area contributed by atoms with E-state index in [1.54, 1.807) is 0 Å². The average Bonchev–Trinajstić information content (AvgIpc) is 3.49. The van der Waals surface area contributed by atoms with E-state index in [1.165, 1.54) is 42.9 Å². The Hall–Kier alpha value is 3.85. The molecule has 3 heterocycles. The minimum absolute atomic E-state index is 0.0560. The van der Waals surface area contributed by atoms with Gasteiger partial charge in [-0.05, 0) is 37.9 Å². The van der Waals surface area contributed by atoms with E-state index >= 15 is 0 Å². The van der Waals surface area contributed by atoms with Crippen molar-refractivity contribution in [1.29, 1.82) is 0 Å². The second-order valence-electron chi connectivity index (χ2n) is 7.40. The molecular formula is C16H28S11. The van der Waals surface area contributed by atoms with Crippen LogP contribution < -0.4 is 0 Å². The van der Waals surface area contributed by atoms with Gasteiger partial charge in [0.2, 0.25) is 0 Å². The molecule has 3 saturated heterocycles. The Balaban J connectivity index is 1.34. The largest absolute Gasteiger partial charge is 0.161 e. The van der Waals surface area contributed by atoms with Crippen LogP contribution >= 0.6 is 135 Å². The van der Waals surface area contributed by atoms with E-state index in [2.05, 4.69) is 74.0 Å². The Bertz CT molecular complexity index is 491. The van der Waals surface area contributed by atoms with Gasteiger partial charge in [-0.25, -0.2) is 0 Å². The van der Waals surface area contributed by atoms with Gasteiger partial charge in [0.25, 0.3) is 0 Å². The predicted molar refractivity (Wildman–Crippen MR) is 158 cm³/mol. The zero-order valence-corrected chi connectivity index (χ0v) is 24.3. The quantitative estimate of drug-likeness (QED) is 0.0591. The maximum atomic E-state index is 4.84. The lowest BCUT2D eigenvalue weighted by atomic mass is 10.2. The summed E-state index contributed by atoms with van der Waals surface area (Å²) in [5.74, 6) is 4.76. The summed E-state index contributed by atoms with van der Waals surface area (Å²) in [6.07, 6.45) is 6.06. The highest BCUT2D eigenvalue weighted by Crippen LogP contribution is 2.62. The van der Waals surface area contributed by atoms with Gasteiger partial charge in [0, 0.05) is 38.3 Å². The van der Waals surface area contributed by atoms with Crippen molar-refractivity contribution >= 4 is 135 Å². The lowest BCUT2D eigenvalue weighted by Crippen LogP contribution is -2.22. The first-order chi connectivity index (χ1) is 12.6. The molecule has 0 amide bonds. The molecule has 4 unspecified atom stereocenters. The number of thioether (sulfide) groups is 5. The molecule has 0 aliphatic carbocycles. The molecule has 3 aliphatic rings. The molecule has 27 heavy (non-hydrogen) atoms. The summed E-state index contributed by atoms with van der Waals surface area (Å²) in [6.45, 7) is 0. The van der Waals surface area contributed by atoms with Crippen LogP contribution in [0, 0.1) is 0 Å². The summed E-state index contributed by atoms with van der Waals surface area (Å²) in [4.78, 5) is 0. The smallest absolute Gasteiger partial charge is 0.113 e. The molecule has 0 radical (unpaired) electrons. The molecule has 0 aromatic carbocycles. The third kappa shape index (κ3) is 9.70. The molecule has 0 aromatic heterocycles. The highest BCUT2D eigenvalue weighted by Gasteiger charge is 2.50. The molecule has 0 N–H and O–H groups in total. The van der Waals surface area contributed by atoms with Gasteiger partial charge in [0.15, 0.2) is 0 Å². The van der Waals surface area contributed by atoms with Crippen LogP contribution in [0.4, 0.5) is 0 Å². The van der Waals surface area contributed by atoms with Crippen molar-refractivity contribution in [1.82, 2.24) is 0 Å². The van der Waals surface area contributed by atoms with E-state index in [1.807, 2.05) is 35.3 Å². The molecule has 0 saturated carbocycles. The third-order valence-electron chi connectivity index (χ3n) is 4.67. The fourth-order valence-corrected chi connectivity index (χ4v) is 10.7. The van der Waals surface area contributed by atoms with E-state index in [0.717, 1.165) is 17.4 Å². The molecule has 0 spiro atoms. The Morgan fingerprint density at radius 2 is 1.63 bits per heavy atom. The predicted octanol–water partition coefficient (Wildman–Crippen LogP) is 6.70. The Labute approximate surface area is 219 Å². The van der Waals surface area contributed by atoms with Crippen LogP contribution in [-0.2, 0) is 0 Å². The third-order valence-corrected chi connectivity index (χ3v) is 15.4. The van der Waals surface area contributed by atoms with E-state index in [9.17, 15) is 0 Å². The van der Waals surface area contributed by atoms with Crippen molar-refractivity contribution in [2.75, 3.05) is 23.0 Å². The SMILES string of the molecule is SC(S)(CSC(CCC1SC1(S)S)CSCCCC1SC1(S)S)CC1CS1. The van der Waals surface area contributed by atoms with Gasteiger partial charge >= 0.3 is 0 Å². The Morgan fingerprint density at radius 3 is 2.19 bits per heavy atom. The standard InChI is InChI=1S/C16H28S11/c17-14(18,6-11-8-24-11)9-25-10(3-4-13-16(21,22)27-13)7-23-5-1-2-12-15(19,20)26-12/h10-13,17-22H,1-9H2. The highest BCUT2D eigenvalue weighted by atomic mass is 32.2. The van der Waals surface area contributed by atoms with Gasteiger partial charge in [0.1, 0.15) is 6.82 Å². The molecule has 3 aliphatic heterocycles. The van der Waals surface area contributed by atoms with Gasteiger partial charge in [-0.2, -0.15) is 111 Å². The van der Waals surface area contributed by atoms with Crippen LogP contribution in [0.25, 0.3) is 0 Å². The monoisotopic (exact) mass is 572 g/mol. The summed E-state index contributed by atoms with van der Waals surface area (Å²) in [5, 5.41) is 2.69. The fraction of sp³-hybridized carbons (Fsp3) is 1.00. The first-order valence-corrected chi connectivity index (χ1v) is 16.8. The Morgan fingerprint density at radius 1 is 1.04 bits per heavy atom. The normalized spacial score (nSPS) is 31.6. The van der Waals surface area contributed by atoms with Crippen LogP contribution in [0.15, 0.2) is 0 Å². The molecule has 4 atom stereocenters. The van der Waals surface area contributed by atoms with Crippen LogP contribution in [-0.4, -0.2) is 54.9 Å². The molecule has 0 nitrogen and oxygen atoms in total. The lowest BCUT2D eigenvalue weighted by Gasteiger charge is -2.25. The van der Waals surface area contributed by atoms with Crippen molar-refractivity contribution in [2.24, 2.45) is 0 Å². The van der Waals surface area contributed by atoms with Gasteiger partial charge < -0.3 is 0 Å². The molecule has 3 fully saturated rings. The van der Waals surface area contributed by atoms with Crippen molar-refractivity contribution in [3.05, 3.63) is 0 Å². The summed E-state index contributed by atoms with van der Waals surface area (Å²) < 4.78 is -0.283. The summed E-state index contributed by atoms with van der Waals surface area (Å²) >= 11 is 37.9. The fourth-order valence-electron chi connectivity index (χ4n) is 2.84. The van der Waals surface area contributed by atoms with Gasteiger partial charge in [-0.15, -0.1) is 23.5 Å². The number of hydrogen-bond acceptors (Lipinski definition) is 11. The highest BCUT2D eigenvalue weighted by molar-refractivity contribution is 8.32. The van der Waals surface area contributed by atoms with Crippen molar-refractivity contribution in [2.45, 2.75) is 64.0 Å². The van der Waals surface area contributed by atoms with E-state index in [0.29, 0.717) is 15.7 Å². The van der Waals surface area contributed by atoms with Crippen LogP contribution in [0.1, 0.15) is 32.1 Å². The van der Waals surface area contributed by atoms with Gasteiger partial charge in [0.05, 0.1) is 4.08 Å². The zero-order valence-electron chi connectivity index (χ0n) is 14.9. The molecule has 11 heteroatoms. The minimum Gasteiger partial charge on any atom is -0.161 e. The van der Waals surface area contributed by atoms with Crippen LogP contribution in [0.5, 0.6) is 0 Å². The number of hydrogen-bond donors (Lipinski definition) is 6. The van der Waals surface area contributed by atoms with Crippen LogP contribution in [0.2, 0.25) is 0 Å². The molecule has 3 rings (SSSR count). The second-order valence-corrected chi connectivity index (χ2v) is 20.9. The molecule has 0 bridgehead atoms. The average molecular weight is 573 g/mol. The maximum absolute atomic E-state index is 4.84. The van der Waals surface area contributed by atoms with E-state index in [-0.39, 0.29) is 10.9 Å². The number of thiol groups is 6. The lowest BCUT2D eigenvalue weighted by molar-refractivity contribution is 0.742. The van der Waals surface area contributed by atoms with Crippen molar-refractivity contribution in [3.8, 4) is 0 Å². The topological polar surface area (TPSA) is 0 Å². The van der Waals surface area contributed by atoms with Gasteiger partial charge in [-0.1, -0.05) is 0 Å². The second kappa shape index (κ2) is 10.9. The van der Waals surface area contributed by atoms with E-state index in [4.69, 9.17) is 25.3 Å². The molecule has 0 aromatic rings. The van der Waals surface area contributed by atoms with Crippen molar-refractivity contribution in [3.63, 3.8) is 0 Å². The molecular weight excluding hydrogens is 545 g/mol. The summed E-state index contributed by atoms with van der Waals surface area (Å²) in [5.41, 5.74) is 0. The summed E-state index contributed by atoms with van der Waals surface area (Å²) in [6, 6.07) is 0. The van der Waals surface area contributed by atoms with Crippen molar-refractivity contribution < 1.29 is 0 Å². The molecule has 158 valence electrons. The first-order valence-electron chi connectivity index (χ1n) is 9.08. The van der Waals surface area contributed by atoms with Gasteiger partial charge in [-0.3, -0.25) is 0 Å². The number of rotatable bonds is 14. The summed E-state index contributed by atoms with van der Waals surface area (Å²) in [7, 11) is 0. The minimum atomic E-state index is -0.140.